The van der Waals surface area contributed by atoms with E-state index >= 15 is 0 Å². The highest BCUT2D eigenvalue weighted by Gasteiger charge is 2.23. The maximum atomic E-state index is 8.92. The van der Waals surface area contributed by atoms with E-state index in [1.165, 1.54) is 19.3 Å². The second-order valence-corrected chi connectivity index (χ2v) is 4.43. The Hall–Kier alpha value is -1.82. The number of nitriles is 1. The summed E-state index contributed by atoms with van der Waals surface area (Å²) in [5.41, 5.74) is 2.83. The van der Waals surface area contributed by atoms with Crippen molar-refractivity contribution in [1.29, 1.82) is 5.26 Å². The Balaban J connectivity index is 2.24. The average Bonchev–Trinajstić information content (AvgIpc) is 2.53. The Morgan fingerprint density at radius 2 is 2.25 bits per heavy atom. The minimum atomic E-state index is 0.596. The number of fused-ring (bicyclic) bond motifs is 1. The number of hydrogen-bond donors (Lipinski definition) is 0. The predicted octanol–water partition coefficient (Wildman–Crippen LogP) is 2.94. The average molecular weight is 211 g/mol. The Morgan fingerprint density at radius 3 is 2.88 bits per heavy atom. The molecule has 3 heteroatoms. The van der Waals surface area contributed by atoms with Gasteiger partial charge in [0.05, 0.1) is 22.7 Å². The van der Waals surface area contributed by atoms with Gasteiger partial charge in [-0.1, -0.05) is 0 Å². The summed E-state index contributed by atoms with van der Waals surface area (Å²) >= 11 is 0. The molecular weight excluding hydrogens is 198 g/mol. The van der Waals surface area contributed by atoms with Gasteiger partial charge in [-0.05, 0) is 44.4 Å². The van der Waals surface area contributed by atoms with Gasteiger partial charge in [0, 0.05) is 6.04 Å². The minimum absolute atomic E-state index is 0.596. The number of benzene rings is 1. The number of rotatable bonds is 1. The first-order chi connectivity index (χ1) is 7.79. The molecule has 0 N–H and O–H groups in total. The molecule has 3 nitrogen and oxygen atoms in total. The van der Waals surface area contributed by atoms with Crippen LogP contribution < -0.4 is 0 Å². The van der Waals surface area contributed by atoms with Gasteiger partial charge in [-0.25, -0.2) is 4.98 Å². The van der Waals surface area contributed by atoms with Gasteiger partial charge < -0.3 is 4.57 Å². The van der Waals surface area contributed by atoms with Crippen molar-refractivity contribution < 1.29 is 0 Å². The van der Waals surface area contributed by atoms with E-state index in [4.69, 9.17) is 5.26 Å². The van der Waals surface area contributed by atoms with Gasteiger partial charge >= 0.3 is 0 Å². The highest BCUT2D eigenvalue weighted by Crippen LogP contribution is 2.35. The number of aryl methyl sites for hydroxylation is 1. The minimum Gasteiger partial charge on any atom is -0.325 e. The molecule has 1 aliphatic carbocycles. The second kappa shape index (κ2) is 3.34. The van der Waals surface area contributed by atoms with E-state index in [0.29, 0.717) is 11.6 Å². The van der Waals surface area contributed by atoms with Gasteiger partial charge in [-0.3, -0.25) is 0 Å². The highest BCUT2D eigenvalue weighted by molar-refractivity contribution is 5.78. The van der Waals surface area contributed by atoms with Crippen LogP contribution in [0.1, 0.15) is 36.7 Å². The first kappa shape index (κ1) is 9.41. The second-order valence-electron chi connectivity index (χ2n) is 4.43. The molecule has 0 unspecified atom stereocenters. The third-order valence-corrected chi connectivity index (χ3v) is 3.43. The Bertz CT molecular complexity index is 585. The largest absolute Gasteiger partial charge is 0.325 e. The molecule has 3 rings (SSSR count). The number of nitrogens with zero attached hydrogens (tertiary/aromatic N) is 3. The first-order valence-corrected chi connectivity index (χ1v) is 5.68. The summed E-state index contributed by atoms with van der Waals surface area (Å²) in [6.07, 6.45) is 3.79. The van der Waals surface area contributed by atoms with Crippen molar-refractivity contribution in [2.24, 2.45) is 0 Å². The summed E-state index contributed by atoms with van der Waals surface area (Å²) < 4.78 is 2.29. The maximum Gasteiger partial charge on any atom is 0.106 e. The van der Waals surface area contributed by atoms with Gasteiger partial charge in [0.1, 0.15) is 5.82 Å². The zero-order valence-corrected chi connectivity index (χ0v) is 9.27. The van der Waals surface area contributed by atoms with E-state index in [1.54, 1.807) is 0 Å². The van der Waals surface area contributed by atoms with Crippen LogP contribution in [-0.4, -0.2) is 9.55 Å². The van der Waals surface area contributed by atoms with E-state index in [-0.39, 0.29) is 0 Å². The zero-order chi connectivity index (χ0) is 11.1. The van der Waals surface area contributed by atoms with Crippen molar-refractivity contribution in [1.82, 2.24) is 9.55 Å². The first-order valence-electron chi connectivity index (χ1n) is 5.68. The summed E-state index contributed by atoms with van der Waals surface area (Å²) in [5, 5.41) is 8.92. The molecule has 1 aromatic heterocycles. The lowest BCUT2D eigenvalue weighted by atomic mass is 9.92. The fourth-order valence-electron chi connectivity index (χ4n) is 2.39. The quantitative estimate of drug-likeness (QED) is 0.727. The molecule has 1 aliphatic rings. The predicted molar refractivity (Wildman–Crippen MR) is 62.1 cm³/mol. The molecule has 1 heterocycles. The molecule has 0 amide bonds. The van der Waals surface area contributed by atoms with Gasteiger partial charge in [-0.2, -0.15) is 5.26 Å². The van der Waals surface area contributed by atoms with Gasteiger partial charge in [-0.15, -0.1) is 0 Å². The normalized spacial score (nSPS) is 16.0. The summed E-state index contributed by atoms with van der Waals surface area (Å²) in [7, 11) is 0. The molecular formula is C13H13N3. The third kappa shape index (κ3) is 1.23. The summed E-state index contributed by atoms with van der Waals surface area (Å²) in [5.74, 6) is 1.06. The summed E-state index contributed by atoms with van der Waals surface area (Å²) in [6.45, 7) is 2.05. The lowest BCUT2D eigenvalue weighted by molar-refractivity contribution is 0.316. The standard InChI is InChI=1S/C13H13N3/c1-9-15-12-6-5-10(8-14)7-13(12)16(9)11-3-2-4-11/h5-7,11H,2-4H2,1H3. The van der Waals surface area contributed by atoms with E-state index in [0.717, 1.165) is 16.9 Å². The van der Waals surface area contributed by atoms with Crippen LogP contribution in [0, 0.1) is 18.3 Å². The van der Waals surface area contributed by atoms with Gasteiger partial charge in [0.2, 0.25) is 0 Å². The summed E-state index contributed by atoms with van der Waals surface area (Å²) in [6, 6.07) is 8.51. The molecule has 0 spiro atoms. The lowest BCUT2D eigenvalue weighted by Gasteiger charge is -2.28. The molecule has 16 heavy (non-hydrogen) atoms. The molecule has 1 fully saturated rings. The number of imidazole rings is 1. The number of hydrogen-bond acceptors (Lipinski definition) is 2. The molecule has 80 valence electrons. The van der Waals surface area contributed by atoms with E-state index < -0.39 is 0 Å². The van der Waals surface area contributed by atoms with Crippen LogP contribution in [0.25, 0.3) is 11.0 Å². The van der Waals surface area contributed by atoms with Gasteiger partial charge in [0.25, 0.3) is 0 Å². The van der Waals surface area contributed by atoms with Crippen LogP contribution in [0.2, 0.25) is 0 Å². The Kier molecular flexibility index (Phi) is 1.97. The molecule has 0 bridgehead atoms. The molecule has 0 saturated heterocycles. The van der Waals surface area contributed by atoms with Crippen LogP contribution in [-0.2, 0) is 0 Å². The van der Waals surface area contributed by atoms with Crippen LogP contribution in [0.3, 0.4) is 0 Å². The Labute approximate surface area is 94.3 Å². The summed E-state index contributed by atoms with van der Waals surface area (Å²) in [4.78, 5) is 4.54. The van der Waals surface area contributed by atoms with Crippen molar-refractivity contribution >= 4 is 11.0 Å². The topological polar surface area (TPSA) is 41.6 Å². The molecule has 0 atom stereocenters. The maximum absolute atomic E-state index is 8.92. The molecule has 1 saturated carbocycles. The zero-order valence-electron chi connectivity index (χ0n) is 9.27. The lowest BCUT2D eigenvalue weighted by Crippen LogP contribution is -2.17. The van der Waals surface area contributed by atoms with Gasteiger partial charge in [0.15, 0.2) is 0 Å². The van der Waals surface area contributed by atoms with Crippen molar-refractivity contribution in [3.8, 4) is 6.07 Å². The van der Waals surface area contributed by atoms with Crippen LogP contribution in [0.15, 0.2) is 18.2 Å². The molecule has 0 radical (unpaired) electrons. The van der Waals surface area contributed by atoms with Crippen LogP contribution in [0.4, 0.5) is 0 Å². The fourth-order valence-corrected chi connectivity index (χ4v) is 2.39. The van der Waals surface area contributed by atoms with Crippen molar-refractivity contribution in [3.05, 3.63) is 29.6 Å². The van der Waals surface area contributed by atoms with E-state index in [9.17, 15) is 0 Å². The van der Waals surface area contributed by atoms with Crippen molar-refractivity contribution in [2.75, 3.05) is 0 Å². The molecule has 2 aromatic rings. The van der Waals surface area contributed by atoms with E-state index in [2.05, 4.69) is 15.6 Å². The SMILES string of the molecule is Cc1nc2ccc(C#N)cc2n1C1CCC1. The Morgan fingerprint density at radius 1 is 1.44 bits per heavy atom. The van der Waals surface area contributed by atoms with Crippen LogP contribution >= 0.6 is 0 Å². The third-order valence-electron chi connectivity index (χ3n) is 3.43. The smallest absolute Gasteiger partial charge is 0.106 e. The molecule has 0 aliphatic heterocycles. The van der Waals surface area contributed by atoms with Crippen molar-refractivity contribution in [2.45, 2.75) is 32.2 Å². The van der Waals surface area contributed by atoms with Crippen LogP contribution in [0.5, 0.6) is 0 Å². The van der Waals surface area contributed by atoms with E-state index in [1.807, 2.05) is 25.1 Å². The fraction of sp³-hybridized carbons (Fsp3) is 0.385. The highest BCUT2D eigenvalue weighted by atomic mass is 15.1. The van der Waals surface area contributed by atoms with Crippen molar-refractivity contribution in [3.63, 3.8) is 0 Å². The number of aromatic nitrogens is 2. The molecule has 1 aromatic carbocycles. The monoisotopic (exact) mass is 211 g/mol.